The molecule has 2 aromatic rings. The van der Waals surface area contributed by atoms with Crippen LogP contribution < -0.4 is 5.32 Å². The number of aryl methyl sites for hydroxylation is 2. The van der Waals surface area contributed by atoms with Gasteiger partial charge < -0.3 is 14.6 Å². The number of hydrogen-bond acceptors (Lipinski definition) is 2. The Balaban J connectivity index is 2.25. The molecule has 2 rings (SSSR count). The van der Waals surface area contributed by atoms with E-state index in [0.717, 1.165) is 22.9 Å². The Morgan fingerprint density at radius 2 is 2.14 bits per heavy atom. The van der Waals surface area contributed by atoms with Crippen molar-refractivity contribution in [2.75, 3.05) is 13.2 Å². The van der Waals surface area contributed by atoms with Crippen LogP contribution in [0.2, 0.25) is 0 Å². The first-order valence-corrected chi connectivity index (χ1v) is 7.63. The zero-order valence-corrected chi connectivity index (χ0v) is 13.6. The Kier molecular flexibility index (Phi) is 5.19. The molecule has 1 atom stereocenters. The third-order valence-corrected chi connectivity index (χ3v) is 3.98. The van der Waals surface area contributed by atoms with Crippen LogP contribution in [0.5, 0.6) is 0 Å². The molecule has 0 saturated heterocycles. The van der Waals surface area contributed by atoms with E-state index in [0.29, 0.717) is 18.8 Å². The van der Waals surface area contributed by atoms with Gasteiger partial charge in [-0.2, -0.15) is 0 Å². The molecular weight excluding hydrogens is 283 g/mol. The van der Waals surface area contributed by atoms with Crippen molar-refractivity contribution in [2.24, 2.45) is 7.05 Å². The Morgan fingerprint density at radius 1 is 1.41 bits per heavy atom. The summed E-state index contributed by atoms with van der Waals surface area (Å²) in [5.41, 5.74) is 2.20. The Morgan fingerprint density at radius 3 is 2.77 bits per heavy atom. The van der Waals surface area contributed by atoms with Gasteiger partial charge in [-0.25, -0.2) is 4.39 Å². The summed E-state index contributed by atoms with van der Waals surface area (Å²) >= 11 is 0. The molecule has 1 amide bonds. The predicted octanol–water partition coefficient (Wildman–Crippen LogP) is 3.17. The van der Waals surface area contributed by atoms with Crippen LogP contribution in [0, 0.1) is 12.7 Å². The van der Waals surface area contributed by atoms with Gasteiger partial charge in [0, 0.05) is 31.1 Å². The average molecular weight is 306 g/mol. The second-order valence-electron chi connectivity index (χ2n) is 5.39. The van der Waals surface area contributed by atoms with E-state index in [4.69, 9.17) is 4.74 Å². The van der Waals surface area contributed by atoms with E-state index < -0.39 is 0 Å². The molecule has 0 spiro atoms. The number of benzene rings is 1. The molecule has 1 aromatic heterocycles. The number of rotatable bonds is 6. The molecule has 0 radical (unpaired) electrons. The van der Waals surface area contributed by atoms with Gasteiger partial charge in [0.1, 0.15) is 11.5 Å². The summed E-state index contributed by atoms with van der Waals surface area (Å²) < 4.78 is 20.8. The van der Waals surface area contributed by atoms with E-state index in [1.165, 1.54) is 12.1 Å². The molecule has 0 saturated carbocycles. The predicted molar refractivity (Wildman–Crippen MR) is 85.7 cm³/mol. The summed E-state index contributed by atoms with van der Waals surface area (Å²) in [4.78, 5) is 12.5. The van der Waals surface area contributed by atoms with Gasteiger partial charge in [0.05, 0.1) is 6.10 Å². The third-order valence-electron chi connectivity index (χ3n) is 3.98. The lowest BCUT2D eigenvalue weighted by Gasteiger charge is -2.16. The van der Waals surface area contributed by atoms with Gasteiger partial charge in [0.2, 0.25) is 0 Å². The zero-order chi connectivity index (χ0) is 16.3. The van der Waals surface area contributed by atoms with Crippen LogP contribution in [0.3, 0.4) is 0 Å². The highest BCUT2D eigenvalue weighted by molar-refractivity contribution is 6.01. The number of fused-ring (bicyclic) bond motifs is 1. The number of halogens is 1. The number of carbonyl (C=O) groups excluding carboxylic acids is 1. The number of amides is 1. The molecule has 22 heavy (non-hydrogen) atoms. The third kappa shape index (κ3) is 3.14. The molecule has 0 aliphatic heterocycles. The lowest BCUT2D eigenvalue weighted by Crippen LogP contribution is -2.34. The topological polar surface area (TPSA) is 43.3 Å². The fourth-order valence-electron chi connectivity index (χ4n) is 2.77. The lowest BCUT2D eigenvalue weighted by atomic mass is 10.1. The maximum atomic E-state index is 13.4. The van der Waals surface area contributed by atoms with E-state index in [2.05, 4.69) is 5.32 Å². The minimum absolute atomic E-state index is 0.0152. The highest BCUT2D eigenvalue weighted by atomic mass is 19.1. The van der Waals surface area contributed by atoms with Crippen molar-refractivity contribution >= 4 is 16.8 Å². The Bertz CT molecular complexity index is 679. The quantitative estimate of drug-likeness (QED) is 0.891. The van der Waals surface area contributed by atoms with E-state index in [1.807, 2.05) is 27.8 Å². The van der Waals surface area contributed by atoms with Crippen LogP contribution in [0.1, 0.15) is 36.3 Å². The van der Waals surface area contributed by atoms with Crippen LogP contribution in [0.4, 0.5) is 4.39 Å². The van der Waals surface area contributed by atoms with E-state index in [1.54, 1.807) is 10.6 Å². The summed E-state index contributed by atoms with van der Waals surface area (Å²) in [6.45, 7) is 6.90. The molecule has 1 N–H and O–H groups in total. The van der Waals surface area contributed by atoms with Crippen molar-refractivity contribution in [2.45, 2.75) is 33.3 Å². The molecular formula is C17H23FN2O2. The highest BCUT2D eigenvalue weighted by Gasteiger charge is 2.19. The molecule has 1 heterocycles. The van der Waals surface area contributed by atoms with E-state index >= 15 is 0 Å². The van der Waals surface area contributed by atoms with Crippen molar-refractivity contribution in [3.8, 4) is 0 Å². The maximum Gasteiger partial charge on any atom is 0.268 e. The molecule has 120 valence electrons. The fraction of sp³-hybridized carbons (Fsp3) is 0.471. The number of aromatic nitrogens is 1. The number of ether oxygens (including phenoxy) is 1. The molecule has 0 fully saturated rings. The van der Waals surface area contributed by atoms with Crippen LogP contribution in [0.25, 0.3) is 10.9 Å². The summed E-state index contributed by atoms with van der Waals surface area (Å²) in [5.74, 6) is -0.453. The smallest absolute Gasteiger partial charge is 0.268 e. The minimum Gasteiger partial charge on any atom is -0.377 e. The summed E-state index contributed by atoms with van der Waals surface area (Å²) in [7, 11) is 1.82. The van der Waals surface area contributed by atoms with Gasteiger partial charge in [0.25, 0.3) is 5.91 Å². The van der Waals surface area contributed by atoms with Crippen LogP contribution in [-0.4, -0.2) is 29.7 Å². The number of carbonyl (C=O) groups is 1. The SMILES string of the molecule is CCOC(CC)CNC(=O)c1c(C)c2cc(F)ccc2n1C. The molecule has 1 unspecified atom stereocenters. The molecule has 0 aliphatic rings. The first-order valence-electron chi connectivity index (χ1n) is 7.63. The zero-order valence-electron chi connectivity index (χ0n) is 13.6. The summed E-state index contributed by atoms with van der Waals surface area (Å²) in [5, 5.41) is 3.68. The molecule has 4 nitrogen and oxygen atoms in total. The Labute approximate surface area is 130 Å². The normalized spacial score (nSPS) is 12.6. The summed E-state index contributed by atoms with van der Waals surface area (Å²) in [6.07, 6.45) is 0.856. The fourth-order valence-corrected chi connectivity index (χ4v) is 2.77. The first kappa shape index (κ1) is 16.5. The van der Waals surface area contributed by atoms with Gasteiger partial charge in [0.15, 0.2) is 0 Å². The van der Waals surface area contributed by atoms with Crippen LogP contribution >= 0.6 is 0 Å². The maximum absolute atomic E-state index is 13.4. The van der Waals surface area contributed by atoms with Crippen molar-refractivity contribution in [3.05, 3.63) is 35.3 Å². The minimum atomic E-state index is -0.296. The first-order chi connectivity index (χ1) is 10.5. The monoisotopic (exact) mass is 306 g/mol. The largest absolute Gasteiger partial charge is 0.377 e. The van der Waals surface area contributed by atoms with Gasteiger partial charge in [-0.05, 0) is 44.0 Å². The second kappa shape index (κ2) is 6.92. The van der Waals surface area contributed by atoms with E-state index in [-0.39, 0.29) is 17.8 Å². The van der Waals surface area contributed by atoms with Gasteiger partial charge in [-0.3, -0.25) is 4.79 Å². The van der Waals surface area contributed by atoms with Gasteiger partial charge in [-0.1, -0.05) is 6.92 Å². The van der Waals surface area contributed by atoms with Gasteiger partial charge in [-0.15, -0.1) is 0 Å². The summed E-state index contributed by atoms with van der Waals surface area (Å²) in [6, 6.07) is 4.58. The number of hydrogen-bond donors (Lipinski definition) is 1. The Hall–Kier alpha value is -1.88. The van der Waals surface area contributed by atoms with Gasteiger partial charge >= 0.3 is 0 Å². The number of nitrogens with one attached hydrogen (secondary N) is 1. The van der Waals surface area contributed by atoms with Crippen molar-refractivity contribution in [1.29, 1.82) is 0 Å². The second-order valence-corrected chi connectivity index (χ2v) is 5.39. The molecule has 5 heteroatoms. The van der Waals surface area contributed by atoms with E-state index in [9.17, 15) is 9.18 Å². The lowest BCUT2D eigenvalue weighted by molar-refractivity contribution is 0.0567. The van der Waals surface area contributed by atoms with Crippen molar-refractivity contribution in [3.63, 3.8) is 0 Å². The van der Waals surface area contributed by atoms with Crippen molar-refractivity contribution in [1.82, 2.24) is 9.88 Å². The average Bonchev–Trinajstić information content (AvgIpc) is 2.74. The standard InChI is InChI=1S/C17H23FN2O2/c1-5-13(22-6-2)10-19-17(21)16-11(3)14-9-12(18)7-8-15(14)20(16)4/h7-9,13H,5-6,10H2,1-4H3,(H,19,21). The number of nitrogens with zero attached hydrogens (tertiary/aromatic N) is 1. The molecule has 0 bridgehead atoms. The molecule has 0 aliphatic carbocycles. The highest BCUT2D eigenvalue weighted by Crippen LogP contribution is 2.25. The van der Waals surface area contributed by atoms with Crippen molar-refractivity contribution < 1.29 is 13.9 Å². The van der Waals surface area contributed by atoms with Crippen LogP contribution in [-0.2, 0) is 11.8 Å². The molecule has 1 aromatic carbocycles. The van der Waals surface area contributed by atoms with Crippen LogP contribution in [0.15, 0.2) is 18.2 Å².